The quantitative estimate of drug-likeness (QED) is 0.755. The van der Waals surface area contributed by atoms with Crippen molar-refractivity contribution < 1.29 is 0 Å². The summed E-state index contributed by atoms with van der Waals surface area (Å²) in [4.78, 5) is 0. The van der Waals surface area contributed by atoms with Gasteiger partial charge in [-0.2, -0.15) is 0 Å². The molecule has 0 amide bonds. The van der Waals surface area contributed by atoms with Gasteiger partial charge in [0.1, 0.15) is 0 Å². The van der Waals surface area contributed by atoms with Crippen molar-refractivity contribution in [1.29, 1.82) is 0 Å². The molecule has 0 fully saturated rings. The second kappa shape index (κ2) is 4.43. The Bertz CT molecular complexity index is 276. The van der Waals surface area contributed by atoms with Gasteiger partial charge in [-0.3, -0.25) is 0 Å². The van der Waals surface area contributed by atoms with E-state index in [0.717, 1.165) is 12.8 Å². The van der Waals surface area contributed by atoms with Gasteiger partial charge in [0, 0.05) is 6.04 Å². The zero-order valence-electron chi connectivity index (χ0n) is 8.80. The second-order valence-electron chi connectivity index (χ2n) is 3.52. The lowest BCUT2D eigenvalue weighted by molar-refractivity contribution is 0.813. The standard InChI is InChI=1S/C12H19N/c1-4-10-6-7-12(9(3)13)8-11(10)5-2/h6-9H,4-5,13H2,1-3H3/t9-/m1/s1. The number of hydrogen-bond donors (Lipinski definition) is 1. The lowest BCUT2D eigenvalue weighted by Crippen LogP contribution is -2.06. The fourth-order valence-electron chi connectivity index (χ4n) is 1.60. The maximum Gasteiger partial charge on any atom is 0.0266 e. The van der Waals surface area contributed by atoms with E-state index in [1.54, 1.807) is 0 Å². The third-order valence-corrected chi connectivity index (χ3v) is 2.52. The maximum absolute atomic E-state index is 5.83. The first kappa shape index (κ1) is 10.3. The Hall–Kier alpha value is -0.820. The maximum atomic E-state index is 5.83. The molecule has 1 rings (SSSR count). The molecule has 0 aromatic heterocycles. The Labute approximate surface area is 81.0 Å². The van der Waals surface area contributed by atoms with E-state index in [0.29, 0.717) is 0 Å². The van der Waals surface area contributed by atoms with Crippen molar-refractivity contribution >= 4 is 0 Å². The summed E-state index contributed by atoms with van der Waals surface area (Å²) in [5.74, 6) is 0. The minimum absolute atomic E-state index is 0.149. The molecule has 1 nitrogen and oxygen atoms in total. The highest BCUT2D eigenvalue weighted by molar-refractivity contribution is 5.33. The molecule has 13 heavy (non-hydrogen) atoms. The van der Waals surface area contributed by atoms with Crippen LogP contribution in [0.1, 0.15) is 43.5 Å². The molecule has 0 saturated carbocycles. The van der Waals surface area contributed by atoms with Crippen molar-refractivity contribution in [3.8, 4) is 0 Å². The molecule has 2 N–H and O–H groups in total. The molecular formula is C12H19N. The molecule has 0 heterocycles. The van der Waals surface area contributed by atoms with Crippen LogP contribution < -0.4 is 5.73 Å². The van der Waals surface area contributed by atoms with Crippen LogP contribution in [0.3, 0.4) is 0 Å². The summed E-state index contributed by atoms with van der Waals surface area (Å²) in [5.41, 5.74) is 9.97. The van der Waals surface area contributed by atoms with Crippen LogP contribution in [0.5, 0.6) is 0 Å². The number of rotatable bonds is 3. The molecule has 0 unspecified atom stereocenters. The van der Waals surface area contributed by atoms with Gasteiger partial charge in [0.25, 0.3) is 0 Å². The largest absolute Gasteiger partial charge is 0.324 e. The Balaban J connectivity index is 3.05. The van der Waals surface area contributed by atoms with Gasteiger partial charge in [0.15, 0.2) is 0 Å². The number of nitrogens with two attached hydrogens (primary N) is 1. The molecule has 0 aliphatic carbocycles. The highest BCUT2D eigenvalue weighted by Crippen LogP contribution is 2.17. The zero-order chi connectivity index (χ0) is 9.84. The topological polar surface area (TPSA) is 26.0 Å². The lowest BCUT2D eigenvalue weighted by atomic mass is 9.98. The van der Waals surface area contributed by atoms with Gasteiger partial charge in [-0.05, 0) is 36.5 Å². The summed E-state index contributed by atoms with van der Waals surface area (Å²) < 4.78 is 0. The first-order valence-electron chi connectivity index (χ1n) is 5.06. The number of aryl methyl sites for hydroxylation is 2. The van der Waals surface area contributed by atoms with Crippen LogP contribution in [0.4, 0.5) is 0 Å². The van der Waals surface area contributed by atoms with E-state index in [9.17, 15) is 0 Å². The van der Waals surface area contributed by atoms with E-state index < -0.39 is 0 Å². The van der Waals surface area contributed by atoms with Gasteiger partial charge < -0.3 is 5.73 Å². The molecule has 1 heteroatoms. The highest BCUT2D eigenvalue weighted by Gasteiger charge is 2.03. The van der Waals surface area contributed by atoms with Crippen molar-refractivity contribution in [3.05, 3.63) is 34.9 Å². The van der Waals surface area contributed by atoms with Gasteiger partial charge in [-0.25, -0.2) is 0 Å². The fraction of sp³-hybridized carbons (Fsp3) is 0.500. The van der Waals surface area contributed by atoms with E-state index in [1.165, 1.54) is 16.7 Å². The highest BCUT2D eigenvalue weighted by atomic mass is 14.6. The smallest absolute Gasteiger partial charge is 0.0266 e. The predicted octanol–water partition coefficient (Wildman–Crippen LogP) is 2.83. The van der Waals surface area contributed by atoms with Gasteiger partial charge >= 0.3 is 0 Å². The summed E-state index contributed by atoms with van der Waals surface area (Å²) in [6, 6.07) is 6.74. The van der Waals surface area contributed by atoms with Crippen molar-refractivity contribution in [2.45, 2.75) is 39.7 Å². The van der Waals surface area contributed by atoms with Crippen LogP contribution in [0, 0.1) is 0 Å². The molecule has 1 aromatic rings. The van der Waals surface area contributed by atoms with E-state index in [4.69, 9.17) is 5.73 Å². The van der Waals surface area contributed by atoms with E-state index in [-0.39, 0.29) is 6.04 Å². The zero-order valence-corrected chi connectivity index (χ0v) is 8.80. The molecule has 0 aliphatic rings. The van der Waals surface area contributed by atoms with Gasteiger partial charge in [-0.15, -0.1) is 0 Å². The minimum Gasteiger partial charge on any atom is -0.324 e. The number of hydrogen-bond acceptors (Lipinski definition) is 1. The molecule has 1 atom stereocenters. The monoisotopic (exact) mass is 177 g/mol. The third kappa shape index (κ3) is 2.31. The fourth-order valence-corrected chi connectivity index (χ4v) is 1.60. The average Bonchev–Trinajstić information content (AvgIpc) is 2.16. The summed E-state index contributed by atoms with van der Waals surface area (Å²) in [5, 5.41) is 0. The predicted molar refractivity (Wildman–Crippen MR) is 57.8 cm³/mol. The normalized spacial score (nSPS) is 12.9. The molecule has 0 spiro atoms. The van der Waals surface area contributed by atoms with Gasteiger partial charge in [-0.1, -0.05) is 32.0 Å². The van der Waals surface area contributed by atoms with Crippen LogP contribution in [-0.4, -0.2) is 0 Å². The van der Waals surface area contributed by atoms with Crippen LogP contribution in [0.15, 0.2) is 18.2 Å². The average molecular weight is 177 g/mol. The first-order valence-corrected chi connectivity index (χ1v) is 5.06. The summed E-state index contributed by atoms with van der Waals surface area (Å²) in [6.07, 6.45) is 2.21. The van der Waals surface area contributed by atoms with Gasteiger partial charge in [0.05, 0.1) is 0 Å². The molecule has 0 saturated heterocycles. The second-order valence-corrected chi connectivity index (χ2v) is 3.52. The molecule has 0 radical (unpaired) electrons. The molecule has 0 bridgehead atoms. The summed E-state index contributed by atoms with van der Waals surface area (Å²) in [6.45, 7) is 6.42. The Morgan fingerprint density at radius 1 is 1.15 bits per heavy atom. The van der Waals surface area contributed by atoms with E-state index in [2.05, 4.69) is 32.0 Å². The Morgan fingerprint density at radius 3 is 2.23 bits per heavy atom. The molecule has 0 aliphatic heterocycles. The van der Waals surface area contributed by atoms with Crippen molar-refractivity contribution in [2.24, 2.45) is 5.73 Å². The van der Waals surface area contributed by atoms with Crippen molar-refractivity contribution in [2.75, 3.05) is 0 Å². The Morgan fingerprint density at radius 2 is 1.77 bits per heavy atom. The lowest BCUT2D eigenvalue weighted by Gasteiger charge is -2.11. The minimum atomic E-state index is 0.149. The molecule has 1 aromatic carbocycles. The van der Waals surface area contributed by atoms with E-state index >= 15 is 0 Å². The van der Waals surface area contributed by atoms with Crippen LogP contribution in [0.2, 0.25) is 0 Å². The number of benzene rings is 1. The van der Waals surface area contributed by atoms with Gasteiger partial charge in [0.2, 0.25) is 0 Å². The SMILES string of the molecule is CCc1ccc([C@@H](C)N)cc1CC. The van der Waals surface area contributed by atoms with E-state index in [1.807, 2.05) is 6.92 Å². The Kier molecular flexibility index (Phi) is 3.49. The molecule has 72 valence electrons. The summed E-state index contributed by atoms with van der Waals surface area (Å²) >= 11 is 0. The van der Waals surface area contributed by atoms with Crippen LogP contribution in [-0.2, 0) is 12.8 Å². The van der Waals surface area contributed by atoms with Crippen molar-refractivity contribution in [1.82, 2.24) is 0 Å². The van der Waals surface area contributed by atoms with Crippen LogP contribution >= 0.6 is 0 Å². The van der Waals surface area contributed by atoms with Crippen LogP contribution in [0.25, 0.3) is 0 Å². The summed E-state index contributed by atoms with van der Waals surface area (Å²) in [7, 11) is 0. The third-order valence-electron chi connectivity index (χ3n) is 2.52. The first-order chi connectivity index (χ1) is 6.19. The molecular weight excluding hydrogens is 158 g/mol. The van der Waals surface area contributed by atoms with Crippen molar-refractivity contribution in [3.63, 3.8) is 0 Å².